The van der Waals surface area contributed by atoms with Crippen molar-refractivity contribution in [1.29, 1.82) is 0 Å². The summed E-state index contributed by atoms with van der Waals surface area (Å²) in [5.41, 5.74) is 0. The Bertz CT molecular complexity index is 465. The summed E-state index contributed by atoms with van der Waals surface area (Å²) in [4.78, 5) is 2.37. The van der Waals surface area contributed by atoms with Crippen molar-refractivity contribution in [1.82, 2.24) is 4.37 Å². The van der Waals surface area contributed by atoms with Crippen molar-refractivity contribution in [3.8, 4) is 0 Å². The molecule has 1 aromatic carbocycles. The number of hydrogen-bond acceptors (Lipinski definition) is 3. The first-order chi connectivity index (χ1) is 7.61. The molecule has 0 aliphatic heterocycles. The van der Waals surface area contributed by atoms with Gasteiger partial charge in [0.25, 0.3) is 0 Å². The quantitative estimate of drug-likeness (QED) is 0.800. The number of fused-ring (bicyclic) bond motifs is 1. The molecule has 0 atom stereocenters. The lowest BCUT2D eigenvalue weighted by molar-refractivity contribution is 0.605. The van der Waals surface area contributed by atoms with Crippen LogP contribution in [0.25, 0.3) is 10.1 Å². The van der Waals surface area contributed by atoms with Crippen molar-refractivity contribution >= 4 is 27.4 Å². The molecule has 0 aliphatic rings. The van der Waals surface area contributed by atoms with E-state index in [2.05, 4.69) is 61.2 Å². The predicted octanol–water partition coefficient (Wildman–Crippen LogP) is 3.92. The van der Waals surface area contributed by atoms with Crippen LogP contribution in [0.2, 0.25) is 0 Å². The van der Waals surface area contributed by atoms with Gasteiger partial charge in [0.05, 0.1) is 4.70 Å². The molecule has 2 nitrogen and oxygen atoms in total. The van der Waals surface area contributed by atoms with Crippen LogP contribution in [0.4, 0.5) is 5.82 Å². The molecule has 0 amide bonds. The van der Waals surface area contributed by atoms with Crippen molar-refractivity contribution < 1.29 is 0 Å². The van der Waals surface area contributed by atoms with E-state index < -0.39 is 0 Å². The zero-order valence-electron chi connectivity index (χ0n) is 10.3. The zero-order chi connectivity index (χ0) is 11.7. The van der Waals surface area contributed by atoms with Gasteiger partial charge in [-0.05, 0) is 51.4 Å². The Labute approximate surface area is 101 Å². The zero-order valence-corrected chi connectivity index (χ0v) is 11.1. The average Bonchev–Trinajstić information content (AvgIpc) is 2.61. The SMILES string of the molecule is CC(C)N(c1nsc2ccccc12)C(C)C. The van der Waals surface area contributed by atoms with Crippen LogP contribution in [0.3, 0.4) is 0 Å². The number of nitrogens with zero attached hydrogens (tertiary/aromatic N) is 2. The van der Waals surface area contributed by atoms with E-state index >= 15 is 0 Å². The van der Waals surface area contributed by atoms with Gasteiger partial charge < -0.3 is 4.90 Å². The van der Waals surface area contributed by atoms with E-state index in [-0.39, 0.29) is 0 Å². The minimum atomic E-state index is 0.477. The van der Waals surface area contributed by atoms with Gasteiger partial charge in [0, 0.05) is 17.5 Å². The third kappa shape index (κ3) is 1.92. The summed E-state index contributed by atoms with van der Waals surface area (Å²) < 4.78 is 5.87. The molecular weight excluding hydrogens is 216 g/mol. The second kappa shape index (κ2) is 4.42. The highest BCUT2D eigenvalue weighted by Crippen LogP contribution is 2.31. The molecule has 1 heterocycles. The fraction of sp³-hybridized carbons (Fsp3) is 0.462. The van der Waals surface area contributed by atoms with E-state index in [1.54, 1.807) is 11.5 Å². The number of anilines is 1. The van der Waals surface area contributed by atoms with E-state index in [1.165, 1.54) is 10.1 Å². The van der Waals surface area contributed by atoms with E-state index in [9.17, 15) is 0 Å². The number of rotatable bonds is 3. The molecule has 0 saturated heterocycles. The van der Waals surface area contributed by atoms with E-state index in [1.807, 2.05) is 0 Å². The smallest absolute Gasteiger partial charge is 0.150 e. The Morgan fingerprint density at radius 2 is 1.69 bits per heavy atom. The maximum Gasteiger partial charge on any atom is 0.150 e. The van der Waals surface area contributed by atoms with Crippen LogP contribution in [0.5, 0.6) is 0 Å². The van der Waals surface area contributed by atoms with Gasteiger partial charge >= 0.3 is 0 Å². The highest BCUT2D eigenvalue weighted by atomic mass is 32.1. The molecule has 0 radical (unpaired) electrons. The van der Waals surface area contributed by atoms with E-state index in [4.69, 9.17) is 0 Å². The molecule has 0 saturated carbocycles. The number of hydrogen-bond donors (Lipinski definition) is 0. The van der Waals surface area contributed by atoms with Crippen LogP contribution in [-0.2, 0) is 0 Å². The fourth-order valence-electron chi connectivity index (χ4n) is 2.14. The summed E-state index contributed by atoms with van der Waals surface area (Å²) in [6.45, 7) is 8.87. The van der Waals surface area contributed by atoms with Gasteiger partial charge in [0.1, 0.15) is 0 Å². The summed E-state index contributed by atoms with van der Waals surface area (Å²) >= 11 is 1.59. The first-order valence-corrected chi connectivity index (χ1v) is 6.51. The first kappa shape index (κ1) is 11.4. The van der Waals surface area contributed by atoms with Gasteiger partial charge in [-0.1, -0.05) is 12.1 Å². The van der Waals surface area contributed by atoms with E-state index in [0.717, 1.165) is 5.82 Å². The standard InChI is InChI=1S/C13H18N2S/c1-9(2)15(10(3)4)13-11-7-5-6-8-12(11)16-14-13/h5-10H,1-4H3. The van der Waals surface area contributed by atoms with Crippen molar-refractivity contribution in [2.24, 2.45) is 0 Å². The van der Waals surface area contributed by atoms with Gasteiger partial charge in [-0.25, -0.2) is 0 Å². The highest BCUT2D eigenvalue weighted by Gasteiger charge is 2.19. The molecule has 0 spiro atoms. The molecule has 3 heteroatoms. The number of benzene rings is 1. The summed E-state index contributed by atoms with van der Waals surface area (Å²) in [5.74, 6) is 1.13. The van der Waals surface area contributed by atoms with Gasteiger partial charge in [-0.2, -0.15) is 4.37 Å². The average molecular weight is 234 g/mol. The molecule has 2 aromatic rings. The van der Waals surface area contributed by atoms with Gasteiger partial charge in [-0.15, -0.1) is 0 Å². The summed E-state index contributed by atoms with van der Waals surface area (Å²) in [6.07, 6.45) is 0. The molecule has 0 bridgehead atoms. The molecular formula is C13H18N2S. The maximum absolute atomic E-state index is 4.61. The molecule has 0 fully saturated rings. The lowest BCUT2D eigenvalue weighted by Gasteiger charge is -2.31. The monoisotopic (exact) mass is 234 g/mol. The minimum absolute atomic E-state index is 0.477. The van der Waals surface area contributed by atoms with Crippen molar-refractivity contribution in [3.05, 3.63) is 24.3 Å². The first-order valence-electron chi connectivity index (χ1n) is 5.74. The van der Waals surface area contributed by atoms with Crippen LogP contribution >= 0.6 is 11.5 Å². The van der Waals surface area contributed by atoms with Crippen LogP contribution in [0, 0.1) is 0 Å². The third-order valence-electron chi connectivity index (χ3n) is 2.72. The van der Waals surface area contributed by atoms with Crippen molar-refractivity contribution in [3.63, 3.8) is 0 Å². The van der Waals surface area contributed by atoms with Crippen LogP contribution in [0.1, 0.15) is 27.7 Å². The molecule has 2 rings (SSSR count). The minimum Gasteiger partial charge on any atom is -0.350 e. The van der Waals surface area contributed by atoms with E-state index in [0.29, 0.717) is 12.1 Å². The fourth-order valence-corrected chi connectivity index (χ4v) is 2.92. The Balaban J connectivity index is 2.53. The summed E-state index contributed by atoms with van der Waals surface area (Å²) in [5, 5.41) is 1.27. The third-order valence-corrected chi connectivity index (χ3v) is 3.53. The normalized spacial score (nSPS) is 11.6. The second-order valence-electron chi connectivity index (χ2n) is 4.60. The van der Waals surface area contributed by atoms with Crippen LogP contribution in [-0.4, -0.2) is 16.5 Å². The molecule has 0 unspecified atom stereocenters. The predicted molar refractivity (Wildman–Crippen MR) is 72.4 cm³/mol. The van der Waals surface area contributed by atoms with Crippen molar-refractivity contribution in [2.75, 3.05) is 4.90 Å². The second-order valence-corrected chi connectivity index (χ2v) is 5.40. The highest BCUT2D eigenvalue weighted by molar-refractivity contribution is 7.13. The van der Waals surface area contributed by atoms with Crippen molar-refractivity contribution in [2.45, 2.75) is 39.8 Å². The largest absolute Gasteiger partial charge is 0.350 e. The molecule has 86 valence electrons. The van der Waals surface area contributed by atoms with Gasteiger partial charge in [0.2, 0.25) is 0 Å². The van der Waals surface area contributed by atoms with Gasteiger partial charge in [-0.3, -0.25) is 0 Å². The summed E-state index contributed by atoms with van der Waals surface area (Å²) in [6, 6.07) is 9.40. The molecule has 16 heavy (non-hydrogen) atoms. The summed E-state index contributed by atoms with van der Waals surface area (Å²) in [7, 11) is 0. The lowest BCUT2D eigenvalue weighted by Crippen LogP contribution is -2.37. The maximum atomic E-state index is 4.61. The topological polar surface area (TPSA) is 16.1 Å². The molecule has 0 aliphatic carbocycles. The van der Waals surface area contributed by atoms with Crippen LogP contribution < -0.4 is 4.90 Å². The Hall–Kier alpha value is -1.09. The lowest BCUT2D eigenvalue weighted by atomic mass is 10.2. The Kier molecular flexibility index (Phi) is 3.15. The Morgan fingerprint density at radius 1 is 1.06 bits per heavy atom. The number of aromatic nitrogens is 1. The molecule has 0 N–H and O–H groups in total. The molecule has 1 aromatic heterocycles. The Morgan fingerprint density at radius 3 is 2.31 bits per heavy atom. The van der Waals surface area contributed by atoms with Crippen LogP contribution in [0.15, 0.2) is 24.3 Å². The van der Waals surface area contributed by atoms with Gasteiger partial charge in [0.15, 0.2) is 5.82 Å².